The van der Waals surface area contributed by atoms with Crippen LogP contribution in [-0.2, 0) is 5.41 Å². The fourth-order valence-corrected chi connectivity index (χ4v) is 2.83. The van der Waals surface area contributed by atoms with Crippen molar-refractivity contribution < 1.29 is 4.39 Å². The standard InChI is InChI=1S/C16H21F/c1-10-7-6-8-14-15(10)13(9-16(14,4)5)11(2)12(3)17/h6-8,12H,9H2,1-5H3/t12-/m0/s1. The average molecular weight is 232 g/mol. The maximum Gasteiger partial charge on any atom is 0.119 e. The lowest BCUT2D eigenvalue weighted by molar-refractivity contribution is 0.411. The van der Waals surface area contributed by atoms with Crippen LogP contribution in [0.25, 0.3) is 5.57 Å². The van der Waals surface area contributed by atoms with Gasteiger partial charge in [0.2, 0.25) is 0 Å². The van der Waals surface area contributed by atoms with Crippen molar-refractivity contribution >= 4 is 5.57 Å². The van der Waals surface area contributed by atoms with E-state index in [1.165, 1.54) is 22.3 Å². The van der Waals surface area contributed by atoms with Crippen molar-refractivity contribution in [3.63, 3.8) is 0 Å². The number of benzene rings is 1. The molecule has 17 heavy (non-hydrogen) atoms. The van der Waals surface area contributed by atoms with E-state index >= 15 is 0 Å². The largest absolute Gasteiger partial charge is 0.243 e. The van der Waals surface area contributed by atoms with Gasteiger partial charge in [0.15, 0.2) is 0 Å². The molecule has 1 aromatic carbocycles. The topological polar surface area (TPSA) is 0 Å². The van der Waals surface area contributed by atoms with Crippen LogP contribution in [-0.4, -0.2) is 6.17 Å². The molecule has 92 valence electrons. The molecule has 0 unspecified atom stereocenters. The summed E-state index contributed by atoms with van der Waals surface area (Å²) in [7, 11) is 0. The van der Waals surface area contributed by atoms with Crippen LogP contribution in [0.15, 0.2) is 23.8 Å². The maximum atomic E-state index is 13.6. The predicted octanol–water partition coefficient (Wildman–Crippen LogP) is 4.81. The van der Waals surface area contributed by atoms with E-state index in [0.29, 0.717) is 0 Å². The number of rotatable bonds is 1. The molecule has 1 aromatic rings. The van der Waals surface area contributed by atoms with Gasteiger partial charge in [-0.15, -0.1) is 0 Å². The number of hydrogen-bond donors (Lipinski definition) is 0. The van der Waals surface area contributed by atoms with Crippen molar-refractivity contribution in [3.8, 4) is 0 Å². The Bertz CT molecular complexity index is 478. The highest BCUT2D eigenvalue weighted by Gasteiger charge is 2.35. The van der Waals surface area contributed by atoms with Crippen LogP contribution < -0.4 is 0 Å². The van der Waals surface area contributed by atoms with Crippen LogP contribution in [0, 0.1) is 6.92 Å². The van der Waals surface area contributed by atoms with Crippen LogP contribution in [0.4, 0.5) is 4.39 Å². The summed E-state index contributed by atoms with van der Waals surface area (Å²) in [5, 5.41) is 0. The predicted molar refractivity (Wildman–Crippen MR) is 72.0 cm³/mol. The van der Waals surface area contributed by atoms with Gasteiger partial charge < -0.3 is 0 Å². The van der Waals surface area contributed by atoms with Gasteiger partial charge in [0.05, 0.1) is 0 Å². The Balaban J connectivity index is 2.70. The summed E-state index contributed by atoms with van der Waals surface area (Å²) in [6.07, 6.45) is 0.0964. The molecule has 0 saturated heterocycles. The van der Waals surface area contributed by atoms with E-state index in [1.54, 1.807) is 6.92 Å². The Morgan fingerprint density at radius 3 is 2.59 bits per heavy atom. The van der Waals surface area contributed by atoms with E-state index < -0.39 is 6.17 Å². The Hall–Kier alpha value is -1.11. The van der Waals surface area contributed by atoms with Gasteiger partial charge in [-0.05, 0) is 60.4 Å². The van der Waals surface area contributed by atoms with Gasteiger partial charge in [-0.25, -0.2) is 4.39 Å². The molecule has 1 aliphatic rings. The molecule has 0 bridgehead atoms. The second-order valence-corrected chi connectivity index (χ2v) is 5.84. The molecule has 0 aliphatic heterocycles. The van der Waals surface area contributed by atoms with Crippen molar-refractivity contribution in [2.45, 2.75) is 52.6 Å². The second kappa shape index (κ2) is 3.97. The molecule has 0 spiro atoms. The Morgan fingerprint density at radius 2 is 2.00 bits per heavy atom. The van der Waals surface area contributed by atoms with Crippen LogP contribution in [0.2, 0.25) is 0 Å². The third kappa shape index (κ3) is 1.92. The minimum atomic E-state index is -0.855. The molecular formula is C16H21F. The van der Waals surface area contributed by atoms with Gasteiger partial charge in [0.25, 0.3) is 0 Å². The van der Waals surface area contributed by atoms with E-state index in [2.05, 4.69) is 39.0 Å². The summed E-state index contributed by atoms with van der Waals surface area (Å²) in [5.41, 5.74) is 6.17. The number of allylic oxidation sites excluding steroid dienone is 2. The number of aryl methyl sites for hydroxylation is 1. The van der Waals surface area contributed by atoms with E-state index in [0.717, 1.165) is 12.0 Å². The van der Waals surface area contributed by atoms with Crippen LogP contribution in [0.5, 0.6) is 0 Å². The van der Waals surface area contributed by atoms with Gasteiger partial charge >= 0.3 is 0 Å². The Morgan fingerprint density at radius 1 is 1.35 bits per heavy atom. The van der Waals surface area contributed by atoms with Crippen molar-refractivity contribution in [2.24, 2.45) is 0 Å². The normalized spacial score (nSPS) is 22.2. The fourth-order valence-electron chi connectivity index (χ4n) is 2.83. The molecule has 0 radical (unpaired) electrons. The van der Waals surface area contributed by atoms with Gasteiger partial charge in [-0.3, -0.25) is 0 Å². The van der Waals surface area contributed by atoms with E-state index in [4.69, 9.17) is 0 Å². The zero-order valence-corrected chi connectivity index (χ0v) is 11.4. The first-order valence-corrected chi connectivity index (χ1v) is 6.29. The molecule has 0 nitrogen and oxygen atoms in total. The van der Waals surface area contributed by atoms with E-state index in [9.17, 15) is 4.39 Å². The summed E-state index contributed by atoms with van der Waals surface area (Å²) in [6.45, 7) is 10.2. The summed E-state index contributed by atoms with van der Waals surface area (Å²) >= 11 is 0. The SMILES string of the molecule is CC(=C1CC(C)(C)c2cccc(C)c21)[C@H](C)F. The van der Waals surface area contributed by atoms with Crippen molar-refractivity contribution in [2.75, 3.05) is 0 Å². The molecule has 0 aromatic heterocycles. The van der Waals surface area contributed by atoms with Crippen molar-refractivity contribution in [1.29, 1.82) is 0 Å². The molecule has 1 aliphatic carbocycles. The van der Waals surface area contributed by atoms with Crippen molar-refractivity contribution in [1.82, 2.24) is 0 Å². The summed E-state index contributed by atoms with van der Waals surface area (Å²) < 4.78 is 13.6. The molecule has 0 amide bonds. The monoisotopic (exact) mass is 232 g/mol. The molecule has 0 heterocycles. The fraction of sp³-hybridized carbons (Fsp3) is 0.500. The van der Waals surface area contributed by atoms with Crippen LogP contribution >= 0.6 is 0 Å². The third-order valence-corrected chi connectivity index (χ3v) is 4.00. The lowest BCUT2D eigenvalue weighted by Crippen LogP contribution is -2.11. The highest BCUT2D eigenvalue weighted by atomic mass is 19.1. The third-order valence-electron chi connectivity index (χ3n) is 4.00. The second-order valence-electron chi connectivity index (χ2n) is 5.84. The minimum Gasteiger partial charge on any atom is -0.243 e. The zero-order chi connectivity index (χ0) is 12.8. The number of halogens is 1. The molecule has 0 N–H and O–H groups in total. The zero-order valence-electron chi connectivity index (χ0n) is 11.4. The first-order valence-electron chi connectivity index (χ1n) is 6.29. The van der Waals surface area contributed by atoms with Gasteiger partial charge in [0.1, 0.15) is 6.17 Å². The smallest absolute Gasteiger partial charge is 0.119 e. The molecule has 0 fully saturated rings. The number of alkyl halides is 1. The molecule has 1 atom stereocenters. The quantitative estimate of drug-likeness (QED) is 0.652. The highest BCUT2D eigenvalue weighted by Crippen LogP contribution is 2.48. The van der Waals surface area contributed by atoms with Gasteiger partial charge in [-0.1, -0.05) is 32.0 Å². The number of fused-ring (bicyclic) bond motifs is 1. The first kappa shape index (κ1) is 12.3. The van der Waals surface area contributed by atoms with Crippen LogP contribution in [0.3, 0.4) is 0 Å². The molecular weight excluding hydrogens is 211 g/mol. The lowest BCUT2D eigenvalue weighted by atomic mass is 9.86. The van der Waals surface area contributed by atoms with E-state index in [1.807, 2.05) is 6.92 Å². The van der Waals surface area contributed by atoms with E-state index in [-0.39, 0.29) is 5.41 Å². The molecule has 1 heteroatoms. The van der Waals surface area contributed by atoms with Gasteiger partial charge in [-0.2, -0.15) is 0 Å². The lowest BCUT2D eigenvalue weighted by Gasteiger charge is -2.18. The summed E-state index contributed by atoms with van der Waals surface area (Å²) in [6, 6.07) is 6.41. The maximum absolute atomic E-state index is 13.6. The minimum absolute atomic E-state index is 0.132. The highest BCUT2D eigenvalue weighted by molar-refractivity contribution is 5.79. The van der Waals surface area contributed by atoms with Crippen molar-refractivity contribution in [3.05, 3.63) is 40.5 Å². The number of hydrogen-bond acceptors (Lipinski definition) is 0. The Labute approximate surface area is 104 Å². The molecule has 0 saturated carbocycles. The van der Waals surface area contributed by atoms with Crippen LogP contribution in [0.1, 0.15) is 50.8 Å². The summed E-state index contributed by atoms with van der Waals surface area (Å²) in [5.74, 6) is 0. The Kier molecular flexibility index (Phi) is 2.89. The molecule has 2 rings (SSSR count). The van der Waals surface area contributed by atoms with Gasteiger partial charge in [0, 0.05) is 0 Å². The summed E-state index contributed by atoms with van der Waals surface area (Å²) in [4.78, 5) is 0. The first-order chi connectivity index (χ1) is 7.84. The average Bonchev–Trinajstić information content (AvgIpc) is 2.51.